The Bertz CT molecular complexity index is 473. The number of hydrogen-bond donors (Lipinski definition) is 2. The van der Waals surface area contributed by atoms with Crippen molar-refractivity contribution in [2.24, 2.45) is 5.73 Å². The summed E-state index contributed by atoms with van der Waals surface area (Å²) in [6.07, 6.45) is 6.76. The minimum atomic E-state index is -0.481. The van der Waals surface area contributed by atoms with E-state index in [1.54, 1.807) is 6.92 Å². The molecule has 0 unspecified atom stereocenters. The highest BCUT2D eigenvalue weighted by atomic mass is 35.5. The lowest BCUT2D eigenvalue weighted by atomic mass is 10.0. The van der Waals surface area contributed by atoms with Crippen molar-refractivity contribution in [3.05, 3.63) is 23.8 Å². The maximum atomic E-state index is 11.6. The standard InChI is InChI=1S/C16H24N2OS.ClH/c1-11-10-14(20-13-6-4-3-5-7-13)8-9-15(11)18-16(19)12(2)17;/h8-10,12-13H,3-7,17H2,1-2H3,(H,18,19);1H/t12-;/m0./s1. The summed E-state index contributed by atoms with van der Waals surface area (Å²) in [5, 5.41) is 3.62. The Morgan fingerprint density at radius 1 is 1.33 bits per heavy atom. The van der Waals surface area contributed by atoms with Gasteiger partial charge in [0.15, 0.2) is 0 Å². The van der Waals surface area contributed by atoms with Gasteiger partial charge >= 0.3 is 0 Å². The van der Waals surface area contributed by atoms with Crippen molar-refractivity contribution in [3.8, 4) is 0 Å². The van der Waals surface area contributed by atoms with E-state index < -0.39 is 6.04 Å². The zero-order valence-corrected chi connectivity index (χ0v) is 14.4. The van der Waals surface area contributed by atoms with Crippen molar-refractivity contribution < 1.29 is 4.79 Å². The van der Waals surface area contributed by atoms with E-state index in [0.717, 1.165) is 16.5 Å². The van der Waals surface area contributed by atoms with Crippen molar-refractivity contribution in [1.82, 2.24) is 0 Å². The summed E-state index contributed by atoms with van der Waals surface area (Å²) in [5.41, 5.74) is 7.53. The summed E-state index contributed by atoms with van der Waals surface area (Å²) in [6, 6.07) is 5.77. The second kappa shape index (κ2) is 8.66. The summed E-state index contributed by atoms with van der Waals surface area (Å²) in [5.74, 6) is -0.138. The second-order valence-electron chi connectivity index (χ2n) is 5.63. The average Bonchev–Trinajstić information content (AvgIpc) is 2.42. The Morgan fingerprint density at radius 2 is 2.00 bits per heavy atom. The molecule has 118 valence electrons. The quantitative estimate of drug-likeness (QED) is 0.873. The van der Waals surface area contributed by atoms with Gasteiger partial charge < -0.3 is 11.1 Å². The first-order valence-electron chi connectivity index (χ1n) is 7.40. The van der Waals surface area contributed by atoms with Gasteiger partial charge in [0.1, 0.15) is 0 Å². The maximum Gasteiger partial charge on any atom is 0.241 e. The first-order chi connectivity index (χ1) is 9.56. The van der Waals surface area contributed by atoms with Gasteiger partial charge in [-0.3, -0.25) is 4.79 Å². The molecule has 21 heavy (non-hydrogen) atoms. The number of nitrogens with one attached hydrogen (secondary N) is 1. The molecule has 0 spiro atoms. The van der Waals surface area contributed by atoms with Crippen LogP contribution in [0.25, 0.3) is 0 Å². The number of amides is 1. The molecule has 0 saturated heterocycles. The SMILES string of the molecule is Cc1cc(SC2CCCCC2)ccc1NC(=O)[C@H](C)N.Cl. The predicted molar refractivity (Wildman–Crippen MR) is 93.4 cm³/mol. The largest absolute Gasteiger partial charge is 0.325 e. The van der Waals surface area contributed by atoms with Crippen LogP contribution in [0.3, 0.4) is 0 Å². The highest BCUT2D eigenvalue weighted by molar-refractivity contribution is 8.00. The average molecular weight is 329 g/mol. The number of rotatable bonds is 4. The third-order valence-corrected chi connectivity index (χ3v) is 5.06. The van der Waals surface area contributed by atoms with Crippen LogP contribution in [0.4, 0.5) is 5.69 Å². The number of hydrogen-bond acceptors (Lipinski definition) is 3. The fourth-order valence-corrected chi connectivity index (χ4v) is 3.82. The first-order valence-corrected chi connectivity index (χ1v) is 8.28. The smallest absolute Gasteiger partial charge is 0.241 e. The van der Waals surface area contributed by atoms with Gasteiger partial charge in [-0.25, -0.2) is 0 Å². The normalized spacial score (nSPS) is 16.9. The minimum absolute atomic E-state index is 0. The molecule has 1 aliphatic rings. The third kappa shape index (κ3) is 5.53. The van der Waals surface area contributed by atoms with E-state index in [1.165, 1.54) is 37.0 Å². The number of benzene rings is 1. The van der Waals surface area contributed by atoms with Crippen LogP contribution in [0.15, 0.2) is 23.1 Å². The Hall–Kier alpha value is -0.710. The predicted octanol–water partition coefficient (Wildman–Crippen LogP) is 4.13. The van der Waals surface area contributed by atoms with E-state index in [-0.39, 0.29) is 18.3 Å². The summed E-state index contributed by atoms with van der Waals surface area (Å²) in [7, 11) is 0. The summed E-state index contributed by atoms with van der Waals surface area (Å²) >= 11 is 1.98. The number of carbonyl (C=O) groups is 1. The number of nitrogens with two attached hydrogens (primary N) is 1. The Balaban J connectivity index is 0.00000220. The van der Waals surface area contributed by atoms with E-state index in [2.05, 4.69) is 17.4 Å². The highest BCUT2D eigenvalue weighted by Gasteiger charge is 2.15. The Labute approximate surface area is 137 Å². The van der Waals surface area contributed by atoms with Crippen molar-refractivity contribution in [2.45, 2.75) is 62.1 Å². The molecule has 2 rings (SSSR count). The lowest BCUT2D eigenvalue weighted by Gasteiger charge is -2.21. The van der Waals surface area contributed by atoms with Gasteiger partial charge in [0.25, 0.3) is 0 Å². The van der Waals surface area contributed by atoms with Gasteiger partial charge in [0.05, 0.1) is 6.04 Å². The minimum Gasteiger partial charge on any atom is -0.325 e. The molecule has 0 bridgehead atoms. The Kier molecular flexibility index (Phi) is 7.57. The van der Waals surface area contributed by atoms with E-state index in [4.69, 9.17) is 5.73 Å². The monoisotopic (exact) mass is 328 g/mol. The van der Waals surface area contributed by atoms with Crippen LogP contribution in [0, 0.1) is 6.92 Å². The topological polar surface area (TPSA) is 55.1 Å². The lowest BCUT2D eigenvalue weighted by Crippen LogP contribution is -2.32. The molecule has 0 aromatic heterocycles. The van der Waals surface area contributed by atoms with Crippen LogP contribution in [0.1, 0.15) is 44.6 Å². The van der Waals surface area contributed by atoms with Crippen molar-refractivity contribution in [2.75, 3.05) is 5.32 Å². The molecule has 1 aromatic carbocycles. The third-order valence-electron chi connectivity index (χ3n) is 3.72. The van der Waals surface area contributed by atoms with Crippen LogP contribution in [-0.4, -0.2) is 17.2 Å². The van der Waals surface area contributed by atoms with Crippen molar-refractivity contribution in [3.63, 3.8) is 0 Å². The van der Waals surface area contributed by atoms with Gasteiger partial charge in [0, 0.05) is 15.8 Å². The molecule has 1 aliphatic carbocycles. The molecule has 1 saturated carbocycles. The molecule has 0 heterocycles. The fraction of sp³-hybridized carbons (Fsp3) is 0.562. The van der Waals surface area contributed by atoms with E-state index >= 15 is 0 Å². The molecule has 0 aliphatic heterocycles. The molecule has 3 nitrogen and oxygen atoms in total. The molecule has 1 atom stereocenters. The summed E-state index contributed by atoms with van der Waals surface area (Å²) < 4.78 is 0. The summed E-state index contributed by atoms with van der Waals surface area (Å²) in [6.45, 7) is 3.72. The fourth-order valence-electron chi connectivity index (χ4n) is 2.47. The van der Waals surface area contributed by atoms with E-state index in [0.29, 0.717) is 0 Å². The molecular weight excluding hydrogens is 304 g/mol. The summed E-state index contributed by atoms with van der Waals surface area (Å²) in [4.78, 5) is 12.9. The van der Waals surface area contributed by atoms with Crippen LogP contribution >= 0.6 is 24.2 Å². The van der Waals surface area contributed by atoms with Gasteiger partial charge in [0.2, 0.25) is 5.91 Å². The maximum absolute atomic E-state index is 11.6. The first kappa shape index (κ1) is 18.3. The molecule has 3 N–H and O–H groups in total. The number of halogens is 1. The lowest BCUT2D eigenvalue weighted by molar-refractivity contribution is -0.117. The zero-order chi connectivity index (χ0) is 14.5. The highest BCUT2D eigenvalue weighted by Crippen LogP contribution is 2.34. The second-order valence-corrected chi connectivity index (χ2v) is 7.01. The molecular formula is C16H25ClN2OS. The van der Waals surface area contributed by atoms with E-state index in [9.17, 15) is 4.79 Å². The van der Waals surface area contributed by atoms with Gasteiger partial charge in [-0.05, 0) is 50.5 Å². The molecule has 1 amide bonds. The van der Waals surface area contributed by atoms with Crippen molar-refractivity contribution >= 4 is 35.8 Å². The number of thioether (sulfide) groups is 1. The van der Waals surface area contributed by atoms with Gasteiger partial charge in [-0.15, -0.1) is 24.2 Å². The Morgan fingerprint density at radius 3 is 2.57 bits per heavy atom. The van der Waals surface area contributed by atoms with Crippen LogP contribution in [-0.2, 0) is 4.79 Å². The van der Waals surface area contributed by atoms with E-state index in [1.807, 2.05) is 24.8 Å². The molecule has 0 radical (unpaired) electrons. The number of carbonyl (C=O) groups excluding carboxylic acids is 1. The van der Waals surface area contributed by atoms with Crippen LogP contribution < -0.4 is 11.1 Å². The van der Waals surface area contributed by atoms with Crippen molar-refractivity contribution in [1.29, 1.82) is 0 Å². The molecule has 5 heteroatoms. The zero-order valence-electron chi connectivity index (χ0n) is 12.7. The van der Waals surface area contributed by atoms with Crippen LogP contribution in [0.5, 0.6) is 0 Å². The molecule has 1 aromatic rings. The molecule has 1 fully saturated rings. The van der Waals surface area contributed by atoms with Gasteiger partial charge in [-0.1, -0.05) is 19.3 Å². The number of anilines is 1. The van der Waals surface area contributed by atoms with Gasteiger partial charge in [-0.2, -0.15) is 0 Å². The number of aryl methyl sites for hydroxylation is 1. The van der Waals surface area contributed by atoms with Crippen LogP contribution in [0.2, 0.25) is 0 Å².